The summed E-state index contributed by atoms with van der Waals surface area (Å²) in [6.07, 6.45) is 3.58. The Balaban J connectivity index is 1.78. The van der Waals surface area contributed by atoms with Gasteiger partial charge < -0.3 is 14.8 Å². The molecule has 0 saturated heterocycles. The van der Waals surface area contributed by atoms with Crippen molar-refractivity contribution in [1.82, 2.24) is 5.32 Å². The molecule has 138 valence electrons. The number of esters is 1. The molecule has 0 spiro atoms. The second-order valence-electron chi connectivity index (χ2n) is 6.49. The first kappa shape index (κ1) is 19.7. The van der Waals surface area contributed by atoms with Gasteiger partial charge in [0.05, 0.1) is 11.1 Å². The highest BCUT2D eigenvalue weighted by molar-refractivity contribution is 6.30. The fraction of sp³-hybridized carbons (Fsp3) is 0.316. The first-order chi connectivity index (χ1) is 12.2. The van der Waals surface area contributed by atoms with Crippen molar-refractivity contribution in [3.63, 3.8) is 0 Å². The second-order valence-corrected chi connectivity index (χ2v) is 6.93. The Labute approximate surface area is 157 Å². The van der Waals surface area contributed by atoms with E-state index in [2.05, 4.69) is 5.32 Å². The first-order valence-corrected chi connectivity index (χ1v) is 8.45. The van der Waals surface area contributed by atoms with Crippen molar-refractivity contribution < 1.29 is 23.6 Å². The SMILES string of the molecule is C[n+]1ccc(C(=O)NC(C)(C)COC(=O)COc2ccc(Cl)cc2)cc1. The normalized spacial score (nSPS) is 10.9. The predicted octanol–water partition coefficient (Wildman–Crippen LogP) is 2.30. The second kappa shape index (κ2) is 8.67. The van der Waals surface area contributed by atoms with E-state index in [4.69, 9.17) is 21.1 Å². The molecule has 7 heteroatoms. The predicted molar refractivity (Wildman–Crippen MR) is 97.1 cm³/mol. The number of carbonyl (C=O) groups is 2. The van der Waals surface area contributed by atoms with Gasteiger partial charge in [0.1, 0.15) is 19.4 Å². The average Bonchev–Trinajstić information content (AvgIpc) is 2.60. The Morgan fingerprint density at radius 1 is 1.12 bits per heavy atom. The summed E-state index contributed by atoms with van der Waals surface area (Å²) in [7, 11) is 1.87. The Morgan fingerprint density at radius 2 is 1.73 bits per heavy atom. The quantitative estimate of drug-likeness (QED) is 0.593. The first-order valence-electron chi connectivity index (χ1n) is 8.07. The van der Waals surface area contributed by atoms with Crippen LogP contribution in [0.1, 0.15) is 24.2 Å². The monoisotopic (exact) mass is 377 g/mol. The summed E-state index contributed by atoms with van der Waals surface area (Å²) in [4.78, 5) is 24.1. The van der Waals surface area contributed by atoms with Gasteiger partial charge in [0.2, 0.25) is 0 Å². The summed E-state index contributed by atoms with van der Waals surface area (Å²) < 4.78 is 12.4. The van der Waals surface area contributed by atoms with Crippen LogP contribution in [0.3, 0.4) is 0 Å². The minimum Gasteiger partial charge on any atom is -0.482 e. The van der Waals surface area contributed by atoms with Gasteiger partial charge in [0.15, 0.2) is 19.0 Å². The molecule has 0 aliphatic carbocycles. The molecule has 1 aromatic carbocycles. The van der Waals surface area contributed by atoms with Crippen molar-refractivity contribution in [3.05, 3.63) is 59.4 Å². The van der Waals surface area contributed by atoms with Gasteiger partial charge in [-0.15, -0.1) is 0 Å². The van der Waals surface area contributed by atoms with Gasteiger partial charge in [-0.25, -0.2) is 9.36 Å². The molecule has 2 rings (SSSR count). The van der Waals surface area contributed by atoms with Gasteiger partial charge in [0.25, 0.3) is 5.91 Å². The van der Waals surface area contributed by atoms with Crippen LogP contribution in [0, 0.1) is 0 Å². The lowest BCUT2D eigenvalue weighted by Gasteiger charge is -2.25. The highest BCUT2D eigenvalue weighted by Gasteiger charge is 2.23. The van der Waals surface area contributed by atoms with Gasteiger partial charge >= 0.3 is 5.97 Å². The van der Waals surface area contributed by atoms with E-state index in [0.717, 1.165) is 0 Å². The fourth-order valence-corrected chi connectivity index (χ4v) is 2.17. The number of carbonyl (C=O) groups excluding carboxylic acids is 2. The molecular weight excluding hydrogens is 356 g/mol. The number of amides is 1. The molecule has 0 unspecified atom stereocenters. The Morgan fingerprint density at radius 3 is 2.35 bits per heavy atom. The molecule has 1 aromatic heterocycles. The third-order valence-electron chi connectivity index (χ3n) is 3.46. The van der Waals surface area contributed by atoms with E-state index in [1.807, 2.05) is 11.6 Å². The smallest absolute Gasteiger partial charge is 0.344 e. The molecule has 0 radical (unpaired) electrons. The summed E-state index contributed by atoms with van der Waals surface area (Å²) in [5, 5.41) is 3.43. The molecule has 1 amide bonds. The Kier molecular flexibility index (Phi) is 6.58. The zero-order valence-corrected chi connectivity index (χ0v) is 15.7. The van der Waals surface area contributed by atoms with Gasteiger partial charge in [-0.2, -0.15) is 0 Å². The summed E-state index contributed by atoms with van der Waals surface area (Å²) >= 11 is 5.78. The number of nitrogens with zero attached hydrogens (tertiary/aromatic N) is 1. The van der Waals surface area contributed by atoms with Crippen LogP contribution in [-0.2, 0) is 16.6 Å². The molecule has 1 heterocycles. The van der Waals surface area contributed by atoms with Crippen LogP contribution in [0.2, 0.25) is 5.02 Å². The minimum atomic E-state index is -0.717. The highest BCUT2D eigenvalue weighted by atomic mass is 35.5. The van der Waals surface area contributed by atoms with Crippen LogP contribution in [0.4, 0.5) is 0 Å². The van der Waals surface area contributed by atoms with E-state index in [9.17, 15) is 9.59 Å². The van der Waals surface area contributed by atoms with Crippen molar-refractivity contribution in [2.45, 2.75) is 19.4 Å². The van der Waals surface area contributed by atoms with Crippen molar-refractivity contribution >= 4 is 23.5 Å². The van der Waals surface area contributed by atoms with Crippen LogP contribution in [0.5, 0.6) is 5.75 Å². The maximum absolute atomic E-state index is 12.3. The number of aryl methyl sites for hydroxylation is 1. The number of pyridine rings is 1. The molecule has 0 aliphatic heterocycles. The molecule has 0 aliphatic rings. The lowest BCUT2D eigenvalue weighted by molar-refractivity contribution is -0.671. The zero-order valence-electron chi connectivity index (χ0n) is 15.0. The van der Waals surface area contributed by atoms with E-state index in [1.54, 1.807) is 62.6 Å². The van der Waals surface area contributed by atoms with Gasteiger partial charge in [0, 0.05) is 17.2 Å². The number of aromatic nitrogens is 1. The number of ether oxygens (including phenoxy) is 2. The number of benzene rings is 1. The van der Waals surface area contributed by atoms with E-state index >= 15 is 0 Å². The lowest BCUT2D eigenvalue weighted by Crippen LogP contribution is -2.47. The molecule has 0 saturated carbocycles. The minimum absolute atomic E-state index is 0.0299. The highest BCUT2D eigenvalue weighted by Crippen LogP contribution is 2.15. The van der Waals surface area contributed by atoms with Crippen molar-refractivity contribution in [1.29, 1.82) is 0 Å². The van der Waals surface area contributed by atoms with E-state index in [1.165, 1.54) is 0 Å². The molecule has 26 heavy (non-hydrogen) atoms. The summed E-state index contributed by atoms with van der Waals surface area (Å²) in [5.74, 6) is -0.228. The van der Waals surface area contributed by atoms with Crippen molar-refractivity contribution in [3.8, 4) is 5.75 Å². The number of nitrogens with one attached hydrogen (secondary N) is 1. The van der Waals surface area contributed by atoms with Crippen molar-refractivity contribution in [2.24, 2.45) is 7.05 Å². The third-order valence-corrected chi connectivity index (χ3v) is 3.71. The van der Waals surface area contributed by atoms with E-state index < -0.39 is 11.5 Å². The summed E-state index contributed by atoms with van der Waals surface area (Å²) in [5.41, 5.74) is -0.182. The van der Waals surface area contributed by atoms with Crippen LogP contribution in [-0.4, -0.2) is 30.6 Å². The standard InChI is InChI=1S/C19H21ClN2O4/c1-19(2,21-18(24)14-8-10-22(3)11-9-14)13-26-17(23)12-25-16-6-4-15(20)5-7-16/h4-11H,12-13H2,1-3H3/p+1. The molecule has 2 aromatic rings. The van der Waals surface area contributed by atoms with Crippen molar-refractivity contribution in [2.75, 3.05) is 13.2 Å². The number of hydrogen-bond acceptors (Lipinski definition) is 4. The maximum atomic E-state index is 12.3. The Hall–Kier alpha value is -2.60. The number of rotatable bonds is 7. The lowest BCUT2D eigenvalue weighted by atomic mass is 10.1. The van der Waals surface area contributed by atoms with Crippen LogP contribution in [0.15, 0.2) is 48.8 Å². The largest absolute Gasteiger partial charge is 0.482 e. The zero-order chi connectivity index (χ0) is 19.2. The van der Waals surface area contributed by atoms with Gasteiger partial charge in [-0.05, 0) is 38.1 Å². The fourth-order valence-electron chi connectivity index (χ4n) is 2.04. The average molecular weight is 378 g/mol. The topological polar surface area (TPSA) is 68.5 Å². The molecule has 0 fully saturated rings. The summed E-state index contributed by atoms with van der Waals surface area (Å²) in [6.45, 7) is 3.37. The van der Waals surface area contributed by atoms with E-state index in [0.29, 0.717) is 16.3 Å². The van der Waals surface area contributed by atoms with E-state index in [-0.39, 0.29) is 19.1 Å². The molecule has 0 atom stereocenters. The molecule has 6 nitrogen and oxygen atoms in total. The van der Waals surface area contributed by atoms with Gasteiger partial charge in [-0.1, -0.05) is 11.6 Å². The molecular formula is C19H22ClN2O4+. The van der Waals surface area contributed by atoms with Gasteiger partial charge in [-0.3, -0.25) is 4.79 Å². The molecule has 1 N–H and O–H groups in total. The Bertz CT molecular complexity index is 758. The van der Waals surface area contributed by atoms with Crippen LogP contribution < -0.4 is 14.6 Å². The molecule has 0 bridgehead atoms. The van der Waals surface area contributed by atoms with Crippen LogP contribution in [0.25, 0.3) is 0 Å². The third kappa shape index (κ3) is 6.37. The summed E-state index contributed by atoms with van der Waals surface area (Å²) in [6, 6.07) is 10.1. The number of hydrogen-bond donors (Lipinski definition) is 1. The van der Waals surface area contributed by atoms with Crippen LogP contribution >= 0.6 is 11.6 Å². The maximum Gasteiger partial charge on any atom is 0.344 e. The number of halogens is 1.